The van der Waals surface area contributed by atoms with Crippen LogP contribution in [0.5, 0.6) is 0 Å². The molecule has 0 radical (unpaired) electrons. The van der Waals surface area contributed by atoms with Gasteiger partial charge in [0.25, 0.3) is 0 Å². The fourth-order valence-electron chi connectivity index (χ4n) is 2.61. The summed E-state index contributed by atoms with van der Waals surface area (Å²) in [6, 6.07) is 4.83. The highest BCUT2D eigenvalue weighted by molar-refractivity contribution is 6.30. The first kappa shape index (κ1) is 17.7. The molecule has 0 aliphatic carbocycles. The normalized spacial score (nSPS) is 17.6. The van der Waals surface area contributed by atoms with E-state index in [-0.39, 0.29) is 30.9 Å². The van der Waals surface area contributed by atoms with Crippen molar-refractivity contribution in [3.8, 4) is 0 Å². The monoisotopic (exact) mass is 322 g/mol. The second kappa shape index (κ2) is 8.80. The van der Waals surface area contributed by atoms with E-state index < -0.39 is 0 Å². The van der Waals surface area contributed by atoms with E-state index in [1.807, 2.05) is 6.07 Å². The minimum absolute atomic E-state index is 0. The molecule has 1 heterocycles. The van der Waals surface area contributed by atoms with Crippen LogP contribution in [0.15, 0.2) is 18.2 Å². The van der Waals surface area contributed by atoms with Gasteiger partial charge in [-0.05, 0) is 36.6 Å². The van der Waals surface area contributed by atoms with Gasteiger partial charge in [-0.3, -0.25) is 4.90 Å². The van der Waals surface area contributed by atoms with Crippen molar-refractivity contribution in [2.45, 2.75) is 18.9 Å². The molecule has 6 heteroatoms. The van der Waals surface area contributed by atoms with Crippen LogP contribution in [-0.2, 0) is 0 Å². The van der Waals surface area contributed by atoms with Crippen molar-refractivity contribution in [3.63, 3.8) is 0 Å². The van der Waals surface area contributed by atoms with E-state index in [0.717, 1.165) is 38.2 Å². The third-order valence-corrected chi connectivity index (χ3v) is 3.72. The first-order valence-corrected chi connectivity index (χ1v) is 7.10. The third kappa shape index (κ3) is 4.86. The molecular formula is C14H21Cl2FN2O. The quantitative estimate of drug-likeness (QED) is 0.874. The zero-order chi connectivity index (χ0) is 13.7. The van der Waals surface area contributed by atoms with Gasteiger partial charge in [-0.1, -0.05) is 11.6 Å². The Morgan fingerprint density at radius 3 is 2.60 bits per heavy atom. The van der Waals surface area contributed by atoms with Gasteiger partial charge in [-0.25, -0.2) is 4.39 Å². The summed E-state index contributed by atoms with van der Waals surface area (Å²) in [5, 5.41) is 12.8. The van der Waals surface area contributed by atoms with Crippen LogP contribution in [0.1, 0.15) is 24.4 Å². The summed E-state index contributed by atoms with van der Waals surface area (Å²) in [5.41, 5.74) is 0.903. The second-order valence-corrected chi connectivity index (χ2v) is 5.31. The van der Waals surface area contributed by atoms with Crippen LogP contribution in [0.25, 0.3) is 0 Å². The Morgan fingerprint density at radius 2 is 2.00 bits per heavy atom. The molecule has 20 heavy (non-hydrogen) atoms. The zero-order valence-corrected chi connectivity index (χ0v) is 12.9. The molecule has 1 aromatic carbocycles. The SMILES string of the molecule is Cl.OCCC[C@H](c1cc(F)cc(Cl)c1)N1CCNCC1. The Bertz CT molecular complexity index is 394. The summed E-state index contributed by atoms with van der Waals surface area (Å²) < 4.78 is 13.5. The predicted molar refractivity (Wildman–Crippen MR) is 82.2 cm³/mol. The summed E-state index contributed by atoms with van der Waals surface area (Å²) in [6.45, 7) is 3.91. The average molecular weight is 323 g/mol. The molecule has 0 bridgehead atoms. The molecule has 2 N–H and O–H groups in total. The maximum absolute atomic E-state index is 13.5. The van der Waals surface area contributed by atoms with Crippen molar-refractivity contribution in [1.29, 1.82) is 0 Å². The van der Waals surface area contributed by atoms with Crippen LogP contribution in [-0.4, -0.2) is 42.8 Å². The smallest absolute Gasteiger partial charge is 0.125 e. The molecule has 0 amide bonds. The van der Waals surface area contributed by atoms with Gasteiger partial charge in [-0.2, -0.15) is 0 Å². The van der Waals surface area contributed by atoms with Gasteiger partial charge in [0.05, 0.1) is 0 Å². The summed E-state index contributed by atoms with van der Waals surface area (Å²) >= 11 is 5.95. The van der Waals surface area contributed by atoms with Gasteiger partial charge < -0.3 is 10.4 Å². The summed E-state index contributed by atoms with van der Waals surface area (Å²) in [7, 11) is 0. The van der Waals surface area contributed by atoms with Crippen LogP contribution in [0, 0.1) is 5.82 Å². The fraction of sp³-hybridized carbons (Fsp3) is 0.571. The molecular weight excluding hydrogens is 302 g/mol. The molecule has 1 aromatic rings. The van der Waals surface area contributed by atoms with Crippen LogP contribution < -0.4 is 5.32 Å². The van der Waals surface area contributed by atoms with E-state index in [1.165, 1.54) is 6.07 Å². The highest BCUT2D eigenvalue weighted by atomic mass is 35.5. The standard InChI is InChI=1S/C14H20ClFN2O.ClH/c15-12-8-11(9-13(16)10-12)14(2-1-7-19)18-5-3-17-4-6-18;/h8-10,14,17,19H,1-7H2;1H/t14-;/m1./s1. The summed E-state index contributed by atoms with van der Waals surface area (Å²) in [4.78, 5) is 2.33. The lowest BCUT2D eigenvalue weighted by Gasteiger charge is -2.35. The Hall–Kier alpha value is -0.390. The lowest BCUT2D eigenvalue weighted by Crippen LogP contribution is -2.45. The maximum Gasteiger partial charge on any atom is 0.125 e. The van der Waals surface area contributed by atoms with Crippen molar-refractivity contribution in [1.82, 2.24) is 10.2 Å². The molecule has 114 valence electrons. The topological polar surface area (TPSA) is 35.5 Å². The van der Waals surface area contributed by atoms with E-state index in [4.69, 9.17) is 16.7 Å². The molecule has 0 saturated carbocycles. The number of halogens is 3. The van der Waals surface area contributed by atoms with E-state index in [0.29, 0.717) is 11.4 Å². The Labute approximate surface area is 130 Å². The second-order valence-electron chi connectivity index (χ2n) is 4.87. The van der Waals surface area contributed by atoms with E-state index in [2.05, 4.69) is 10.2 Å². The van der Waals surface area contributed by atoms with Gasteiger partial charge in [0.2, 0.25) is 0 Å². The number of hydrogen-bond acceptors (Lipinski definition) is 3. The van der Waals surface area contributed by atoms with Crippen LogP contribution >= 0.6 is 24.0 Å². The summed E-state index contributed by atoms with van der Waals surface area (Å²) in [5.74, 6) is -0.299. The van der Waals surface area contributed by atoms with Crippen molar-refractivity contribution < 1.29 is 9.50 Å². The highest BCUT2D eigenvalue weighted by Gasteiger charge is 2.22. The fourth-order valence-corrected chi connectivity index (χ4v) is 2.84. The molecule has 3 nitrogen and oxygen atoms in total. The third-order valence-electron chi connectivity index (χ3n) is 3.50. The largest absolute Gasteiger partial charge is 0.396 e. The van der Waals surface area contributed by atoms with Crippen LogP contribution in [0.4, 0.5) is 4.39 Å². The number of benzene rings is 1. The minimum atomic E-state index is -0.299. The van der Waals surface area contributed by atoms with Crippen molar-refractivity contribution in [3.05, 3.63) is 34.6 Å². The van der Waals surface area contributed by atoms with Gasteiger partial charge in [-0.15, -0.1) is 12.4 Å². The van der Waals surface area contributed by atoms with E-state index in [9.17, 15) is 4.39 Å². The molecule has 0 spiro atoms. The number of nitrogens with zero attached hydrogens (tertiary/aromatic N) is 1. The Kier molecular flexibility index (Phi) is 7.77. The maximum atomic E-state index is 13.5. The van der Waals surface area contributed by atoms with Crippen molar-refractivity contribution in [2.75, 3.05) is 32.8 Å². The predicted octanol–water partition coefficient (Wildman–Crippen LogP) is 2.62. The Morgan fingerprint density at radius 1 is 1.30 bits per heavy atom. The van der Waals surface area contributed by atoms with Gasteiger partial charge in [0.1, 0.15) is 5.82 Å². The first-order chi connectivity index (χ1) is 9.20. The first-order valence-electron chi connectivity index (χ1n) is 6.72. The van der Waals surface area contributed by atoms with Crippen molar-refractivity contribution >= 4 is 24.0 Å². The molecule has 2 rings (SSSR count). The van der Waals surface area contributed by atoms with E-state index >= 15 is 0 Å². The lowest BCUT2D eigenvalue weighted by atomic mass is 9.99. The number of rotatable bonds is 5. The van der Waals surface area contributed by atoms with Gasteiger partial charge in [0, 0.05) is 43.9 Å². The lowest BCUT2D eigenvalue weighted by molar-refractivity contribution is 0.154. The average Bonchev–Trinajstić information content (AvgIpc) is 2.39. The van der Waals surface area contributed by atoms with E-state index in [1.54, 1.807) is 6.07 Å². The van der Waals surface area contributed by atoms with Gasteiger partial charge in [0.15, 0.2) is 0 Å². The van der Waals surface area contributed by atoms with Crippen LogP contribution in [0.3, 0.4) is 0 Å². The molecule has 0 unspecified atom stereocenters. The number of aliphatic hydroxyl groups excluding tert-OH is 1. The molecule has 1 aliphatic rings. The molecule has 1 atom stereocenters. The van der Waals surface area contributed by atoms with Gasteiger partial charge >= 0.3 is 0 Å². The zero-order valence-electron chi connectivity index (χ0n) is 11.3. The number of hydrogen-bond donors (Lipinski definition) is 2. The number of nitrogens with one attached hydrogen (secondary N) is 1. The molecule has 1 saturated heterocycles. The number of aliphatic hydroxyl groups is 1. The van der Waals surface area contributed by atoms with Crippen LogP contribution in [0.2, 0.25) is 5.02 Å². The molecule has 1 aliphatic heterocycles. The highest BCUT2D eigenvalue weighted by Crippen LogP contribution is 2.28. The molecule has 1 fully saturated rings. The van der Waals surface area contributed by atoms with Crippen molar-refractivity contribution in [2.24, 2.45) is 0 Å². The Balaban J connectivity index is 0.00000200. The molecule has 0 aromatic heterocycles. The number of piperazine rings is 1. The summed E-state index contributed by atoms with van der Waals surface area (Å²) in [6.07, 6.45) is 1.53. The minimum Gasteiger partial charge on any atom is -0.396 e.